The molecule has 128 valence electrons. The van der Waals surface area contributed by atoms with Crippen LogP contribution in [0.2, 0.25) is 5.02 Å². The highest BCUT2D eigenvalue weighted by molar-refractivity contribution is 6.30. The minimum atomic E-state index is -0.349. The van der Waals surface area contributed by atoms with Crippen molar-refractivity contribution in [2.45, 2.75) is 0 Å². The number of urea groups is 1. The molecule has 0 saturated heterocycles. The van der Waals surface area contributed by atoms with E-state index in [1.165, 1.54) is 7.11 Å². The molecule has 7 heteroatoms. The number of nitrogens with one attached hydrogen (secondary N) is 2. The molecule has 0 aromatic heterocycles. The number of carbonyl (C=O) groups excluding carboxylic acids is 1. The summed E-state index contributed by atoms with van der Waals surface area (Å²) in [5.41, 5.74) is 0.550. The first-order chi connectivity index (χ1) is 11.6. The highest BCUT2D eigenvalue weighted by Crippen LogP contribution is 2.28. The zero-order valence-electron chi connectivity index (χ0n) is 13.5. The molecule has 0 atom stereocenters. The predicted molar refractivity (Wildman–Crippen MR) is 93.5 cm³/mol. The van der Waals surface area contributed by atoms with Crippen molar-refractivity contribution in [1.29, 1.82) is 0 Å². The lowest BCUT2D eigenvalue weighted by Crippen LogP contribution is -2.32. The van der Waals surface area contributed by atoms with Crippen molar-refractivity contribution in [2.24, 2.45) is 0 Å². The van der Waals surface area contributed by atoms with Gasteiger partial charge in [-0.15, -0.1) is 0 Å². The van der Waals surface area contributed by atoms with Crippen LogP contribution in [0, 0.1) is 0 Å². The summed E-state index contributed by atoms with van der Waals surface area (Å²) in [5.74, 6) is 1.86. The van der Waals surface area contributed by atoms with Crippen LogP contribution < -0.4 is 24.8 Å². The molecule has 2 amide bonds. The molecule has 2 rings (SSSR count). The molecular formula is C17H19ClN2O4. The van der Waals surface area contributed by atoms with Gasteiger partial charge in [-0.3, -0.25) is 0 Å². The average molecular weight is 351 g/mol. The van der Waals surface area contributed by atoms with E-state index in [1.807, 2.05) is 0 Å². The van der Waals surface area contributed by atoms with Crippen molar-refractivity contribution in [3.05, 3.63) is 47.5 Å². The second kappa shape index (κ2) is 8.88. The van der Waals surface area contributed by atoms with E-state index in [1.54, 1.807) is 49.6 Å². The van der Waals surface area contributed by atoms with Crippen LogP contribution in [0.25, 0.3) is 0 Å². The van der Waals surface area contributed by atoms with Gasteiger partial charge in [0.05, 0.1) is 26.5 Å². The summed E-state index contributed by atoms with van der Waals surface area (Å²) in [5, 5.41) is 6.07. The lowest BCUT2D eigenvalue weighted by molar-refractivity contribution is 0.247. The molecule has 6 nitrogen and oxygen atoms in total. The molecule has 0 radical (unpaired) electrons. The summed E-state index contributed by atoms with van der Waals surface area (Å²) in [7, 11) is 3.09. The Morgan fingerprint density at radius 1 is 1.04 bits per heavy atom. The topological polar surface area (TPSA) is 68.8 Å². The van der Waals surface area contributed by atoms with Gasteiger partial charge in [-0.05, 0) is 36.4 Å². The molecule has 2 aromatic carbocycles. The molecule has 0 aliphatic rings. The standard InChI is InChI=1S/C17H19ClN2O4/c1-22-14-7-8-15(16(11-14)23-2)20-17(21)19-9-10-24-13-5-3-12(18)4-6-13/h3-8,11H,9-10H2,1-2H3,(H2,19,20,21). The van der Waals surface area contributed by atoms with Gasteiger partial charge in [0.2, 0.25) is 0 Å². The first-order valence-electron chi connectivity index (χ1n) is 7.27. The molecule has 0 aliphatic carbocycles. The fraction of sp³-hybridized carbons (Fsp3) is 0.235. The highest BCUT2D eigenvalue weighted by atomic mass is 35.5. The maximum atomic E-state index is 11.9. The summed E-state index contributed by atoms with van der Waals surface area (Å²) in [6.45, 7) is 0.696. The van der Waals surface area contributed by atoms with E-state index in [4.69, 9.17) is 25.8 Å². The molecule has 0 bridgehead atoms. The predicted octanol–water partition coefficient (Wildman–Crippen LogP) is 3.56. The Morgan fingerprint density at radius 3 is 2.42 bits per heavy atom. The fourth-order valence-corrected chi connectivity index (χ4v) is 2.06. The highest BCUT2D eigenvalue weighted by Gasteiger charge is 2.08. The summed E-state index contributed by atoms with van der Waals surface area (Å²) in [6.07, 6.45) is 0. The van der Waals surface area contributed by atoms with Crippen molar-refractivity contribution in [3.8, 4) is 17.2 Å². The monoisotopic (exact) mass is 350 g/mol. The van der Waals surface area contributed by atoms with E-state index < -0.39 is 0 Å². The summed E-state index contributed by atoms with van der Waals surface area (Å²) < 4.78 is 15.8. The maximum Gasteiger partial charge on any atom is 0.319 e. The molecule has 0 saturated carbocycles. The number of amides is 2. The van der Waals surface area contributed by atoms with Gasteiger partial charge < -0.3 is 24.8 Å². The minimum absolute atomic E-state index is 0.342. The Morgan fingerprint density at radius 2 is 1.75 bits per heavy atom. The first-order valence-corrected chi connectivity index (χ1v) is 7.65. The lowest BCUT2D eigenvalue weighted by Gasteiger charge is -2.12. The Balaban J connectivity index is 1.78. The number of ether oxygens (including phenoxy) is 3. The molecule has 0 fully saturated rings. The SMILES string of the molecule is COc1ccc(NC(=O)NCCOc2ccc(Cl)cc2)c(OC)c1. The third-order valence-electron chi connectivity index (χ3n) is 3.13. The van der Waals surface area contributed by atoms with Crippen LogP contribution in [0.3, 0.4) is 0 Å². The van der Waals surface area contributed by atoms with Crippen LogP contribution >= 0.6 is 11.6 Å². The molecule has 24 heavy (non-hydrogen) atoms. The van der Waals surface area contributed by atoms with E-state index in [2.05, 4.69) is 10.6 Å². The molecule has 0 heterocycles. The van der Waals surface area contributed by atoms with Crippen LogP contribution in [-0.4, -0.2) is 33.4 Å². The molecular weight excluding hydrogens is 332 g/mol. The molecule has 2 aromatic rings. The molecule has 0 aliphatic heterocycles. The van der Waals surface area contributed by atoms with Crippen molar-refractivity contribution in [1.82, 2.24) is 5.32 Å². The number of benzene rings is 2. The van der Waals surface area contributed by atoms with Crippen molar-refractivity contribution >= 4 is 23.3 Å². The number of carbonyl (C=O) groups is 1. The van der Waals surface area contributed by atoms with E-state index >= 15 is 0 Å². The number of methoxy groups -OCH3 is 2. The lowest BCUT2D eigenvalue weighted by atomic mass is 10.2. The van der Waals surface area contributed by atoms with Gasteiger partial charge in [0, 0.05) is 11.1 Å². The van der Waals surface area contributed by atoms with Crippen molar-refractivity contribution in [3.63, 3.8) is 0 Å². The van der Waals surface area contributed by atoms with E-state index in [0.717, 1.165) is 0 Å². The van der Waals surface area contributed by atoms with E-state index in [-0.39, 0.29) is 6.03 Å². The first kappa shape index (κ1) is 17.7. The third-order valence-corrected chi connectivity index (χ3v) is 3.38. The van der Waals surface area contributed by atoms with Crippen LogP contribution in [0.4, 0.5) is 10.5 Å². The molecule has 0 unspecified atom stereocenters. The van der Waals surface area contributed by atoms with Crippen LogP contribution in [0.1, 0.15) is 0 Å². The van der Waals surface area contributed by atoms with Gasteiger partial charge in [0.25, 0.3) is 0 Å². The van der Waals surface area contributed by atoms with Gasteiger partial charge in [0.15, 0.2) is 0 Å². The number of halogens is 1. The fourth-order valence-electron chi connectivity index (χ4n) is 1.93. The largest absolute Gasteiger partial charge is 0.497 e. The van der Waals surface area contributed by atoms with Crippen molar-refractivity contribution in [2.75, 3.05) is 32.7 Å². The van der Waals surface area contributed by atoms with Crippen LogP contribution in [-0.2, 0) is 0 Å². The van der Waals surface area contributed by atoms with Gasteiger partial charge >= 0.3 is 6.03 Å². The Labute approximate surface area is 145 Å². The normalized spacial score (nSPS) is 9.96. The minimum Gasteiger partial charge on any atom is -0.497 e. The summed E-state index contributed by atoms with van der Waals surface area (Å²) in [6, 6.07) is 11.8. The second-order valence-electron chi connectivity index (χ2n) is 4.75. The Bertz CT molecular complexity index is 677. The average Bonchev–Trinajstić information content (AvgIpc) is 2.60. The summed E-state index contributed by atoms with van der Waals surface area (Å²) >= 11 is 5.80. The van der Waals surface area contributed by atoms with E-state index in [9.17, 15) is 4.79 Å². The zero-order valence-corrected chi connectivity index (χ0v) is 14.2. The second-order valence-corrected chi connectivity index (χ2v) is 5.19. The molecule has 0 spiro atoms. The smallest absolute Gasteiger partial charge is 0.319 e. The summed E-state index contributed by atoms with van der Waals surface area (Å²) in [4.78, 5) is 11.9. The Hall–Kier alpha value is -2.60. The maximum absolute atomic E-state index is 11.9. The van der Waals surface area contributed by atoms with Crippen molar-refractivity contribution < 1.29 is 19.0 Å². The van der Waals surface area contributed by atoms with Gasteiger partial charge in [-0.2, -0.15) is 0 Å². The van der Waals surface area contributed by atoms with Gasteiger partial charge in [-0.25, -0.2) is 4.79 Å². The van der Waals surface area contributed by atoms with Gasteiger partial charge in [-0.1, -0.05) is 11.6 Å². The van der Waals surface area contributed by atoms with E-state index in [0.29, 0.717) is 41.1 Å². The van der Waals surface area contributed by atoms with Crippen LogP contribution in [0.15, 0.2) is 42.5 Å². The zero-order chi connectivity index (χ0) is 17.4. The molecule has 2 N–H and O–H groups in total. The number of hydrogen-bond acceptors (Lipinski definition) is 4. The van der Waals surface area contributed by atoms with Crippen LogP contribution in [0.5, 0.6) is 17.2 Å². The third kappa shape index (κ3) is 5.24. The quantitative estimate of drug-likeness (QED) is 0.749. The number of anilines is 1. The number of hydrogen-bond donors (Lipinski definition) is 2. The van der Waals surface area contributed by atoms with Gasteiger partial charge in [0.1, 0.15) is 23.9 Å². The Kier molecular flexibility index (Phi) is 6.57. The number of rotatable bonds is 7.